The molecule has 2 aromatic heterocycles. The van der Waals surface area contributed by atoms with Crippen LogP contribution >= 0.6 is 11.8 Å². The van der Waals surface area contributed by atoms with Gasteiger partial charge in [0.05, 0.1) is 45.6 Å². The van der Waals surface area contributed by atoms with Gasteiger partial charge in [0.2, 0.25) is 0 Å². The molecule has 1 amide bonds. The third kappa shape index (κ3) is 5.14. The first kappa shape index (κ1) is 23.1. The molecule has 1 aliphatic heterocycles. The minimum Gasteiger partial charge on any atom is -0.493 e. The standard InChI is InChI=1S/C22H28N6O4S/c1-4-33-22-25-19(27-9-11-32-12-10-27)16-14-24-28(20(16)26-22)8-7-23-21(29)15-5-6-17(30-2)18(13-15)31-3/h5-6,13-14H,4,7-12H2,1-3H3,(H,23,29). The van der Waals surface area contributed by atoms with E-state index >= 15 is 0 Å². The molecule has 0 saturated carbocycles. The van der Waals surface area contributed by atoms with Crippen LogP contribution in [0.4, 0.5) is 5.82 Å². The number of anilines is 1. The Bertz CT molecular complexity index is 1120. The molecule has 0 radical (unpaired) electrons. The van der Waals surface area contributed by atoms with Crippen molar-refractivity contribution in [3.8, 4) is 11.5 Å². The molecule has 10 nitrogen and oxygen atoms in total. The second kappa shape index (κ2) is 10.7. The van der Waals surface area contributed by atoms with E-state index in [0.717, 1.165) is 40.9 Å². The smallest absolute Gasteiger partial charge is 0.251 e. The van der Waals surface area contributed by atoms with Crippen molar-refractivity contribution < 1.29 is 19.0 Å². The minimum atomic E-state index is -0.196. The van der Waals surface area contributed by atoms with Gasteiger partial charge < -0.3 is 24.4 Å². The average molecular weight is 473 g/mol. The maximum atomic E-state index is 12.6. The van der Waals surface area contributed by atoms with E-state index in [-0.39, 0.29) is 5.91 Å². The topological polar surface area (TPSA) is 104 Å². The van der Waals surface area contributed by atoms with E-state index in [1.165, 1.54) is 0 Å². The van der Waals surface area contributed by atoms with Crippen LogP contribution in [0.15, 0.2) is 29.6 Å². The van der Waals surface area contributed by atoms with Gasteiger partial charge >= 0.3 is 0 Å². The van der Waals surface area contributed by atoms with Gasteiger partial charge in [0.1, 0.15) is 5.82 Å². The molecular formula is C22H28N6O4S. The van der Waals surface area contributed by atoms with E-state index in [0.29, 0.717) is 43.4 Å². The first-order chi connectivity index (χ1) is 16.1. The van der Waals surface area contributed by atoms with Gasteiger partial charge in [-0.05, 0) is 24.0 Å². The van der Waals surface area contributed by atoms with Crippen LogP contribution in [0.25, 0.3) is 11.0 Å². The van der Waals surface area contributed by atoms with Crippen LogP contribution in [-0.2, 0) is 11.3 Å². The predicted molar refractivity (Wildman–Crippen MR) is 127 cm³/mol. The predicted octanol–water partition coefficient (Wildman–Crippen LogP) is 2.22. The molecule has 33 heavy (non-hydrogen) atoms. The molecule has 1 fully saturated rings. The van der Waals surface area contributed by atoms with E-state index in [2.05, 4.69) is 22.2 Å². The van der Waals surface area contributed by atoms with Crippen LogP contribution in [0, 0.1) is 0 Å². The van der Waals surface area contributed by atoms with E-state index in [1.54, 1.807) is 50.4 Å². The molecule has 0 atom stereocenters. The Morgan fingerprint density at radius 2 is 1.97 bits per heavy atom. The Labute approximate surface area is 196 Å². The second-order valence-electron chi connectivity index (χ2n) is 7.29. The normalized spacial score (nSPS) is 13.8. The van der Waals surface area contributed by atoms with Gasteiger partial charge in [-0.3, -0.25) is 4.79 Å². The van der Waals surface area contributed by atoms with Crippen molar-refractivity contribution in [1.82, 2.24) is 25.1 Å². The molecule has 1 saturated heterocycles. The fourth-order valence-electron chi connectivity index (χ4n) is 3.65. The Kier molecular flexibility index (Phi) is 7.50. The summed E-state index contributed by atoms with van der Waals surface area (Å²) in [5.41, 5.74) is 1.26. The summed E-state index contributed by atoms with van der Waals surface area (Å²) in [6, 6.07) is 5.08. The first-order valence-corrected chi connectivity index (χ1v) is 11.8. The van der Waals surface area contributed by atoms with Crippen molar-refractivity contribution in [3.05, 3.63) is 30.0 Å². The van der Waals surface area contributed by atoms with Gasteiger partial charge in [0.25, 0.3) is 5.91 Å². The molecule has 0 unspecified atom stereocenters. The van der Waals surface area contributed by atoms with Crippen LogP contribution in [0.3, 0.4) is 0 Å². The van der Waals surface area contributed by atoms with Crippen molar-refractivity contribution in [3.63, 3.8) is 0 Å². The number of nitrogens with zero attached hydrogens (tertiary/aromatic N) is 5. The summed E-state index contributed by atoms with van der Waals surface area (Å²) in [5.74, 6) is 2.66. The summed E-state index contributed by atoms with van der Waals surface area (Å²) >= 11 is 1.60. The largest absolute Gasteiger partial charge is 0.493 e. The quantitative estimate of drug-likeness (QED) is 0.371. The second-order valence-corrected chi connectivity index (χ2v) is 8.52. The van der Waals surface area contributed by atoms with Crippen molar-refractivity contribution >= 4 is 34.5 Å². The molecule has 0 aliphatic carbocycles. The molecule has 3 heterocycles. The lowest BCUT2D eigenvalue weighted by Gasteiger charge is -2.28. The van der Waals surface area contributed by atoms with Crippen molar-refractivity contribution in [2.24, 2.45) is 0 Å². The zero-order valence-electron chi connectivity index (χ0n) is 19.0. The molecule has 1 aromatic carbocycles. The highest BCUT2D eigenvalue weighted by Crippen LogP contribution is 2.28. The van der Waals surface area contributed by atoms with Crippen molar-refractivity contribution in [2.75, 3.05) is 57.7 Å². The third-order valence-corrected chi connectivity index (χ3v) is 6.02. The Balaban J connectivity index is 1.49. The first-order valence-electron chi connectivity index (χ1n) is 10.8. The molecule has 3 aromatic rings. The zero-order chi connectivity index (χ0) is 23.2. The maximum Gasteiger partial charge on any atom is 0.251 e. The SMILES string of the molecule is CCSc1nc(N2CCOCC2)c2cnn(CCNC(=O)c3ccc(OC)c(OC)c3)c2n1. The van der Waals surface area contributed by atoms with Gasteiger partial charge in [-0.15, -0.1) is 0 Å². The molecular weight excluding hydrogens is 444 g/mol. The molecule has 11 heteroatoms. The Morgan fingerprint density at radius 1 is 1.18 bits per heavy atom. The molecule has 1 N–H and O–H groups in total. The number of amides is 1. The van der Waals surface area contributed by atoms with Gasteiger partial charge in [0.15, 0.2) is 22.3 Å². The number of aromatic nitrogens is 4. The molecule has 4 rings (SSSR count). The average Bonchev–Trinajstić information content (AvgIpc) is 3.26. The molecule has 1 aliphatic rings. The van der Waals surface area contributed by atoms with Crippen LogP contribution < -0.4 is 19.7 Å². The Morgan fingerprint density at radius 3 is 2.70 bits per heavy atom. The number of morpholine rings is 1. The fraction of sp³-hybridized carbons (Fsp3) is 0.455. The summed E-state index contributed by atoms with van der Waals surface area (Å²) in [6.45, 7) is 5.89. The van der Waals surface area contributed by atoms with Crippen LogP contribution in [0.2, 0.25) is 0 Å². The minimum absolute atomic E-state index is 0.196. The zero-order valence-corrected chi connectivity index (χ0v) is 19.9. The summed E-state index contributed by atoms with van der Waals surface area (Å²) in [5, 5.41) is 9.10. The number of benzene rings is 1. The number of hydrogen-bond acceptors (Lipinski definition) is 9. The summed E-state index contributed by atoms with van der Waals surface area (Å²) < 4.78 is 17.8. The van der Waals surface area contributed by atoms with Crippen LogP contribution in [-0.4, -0.2) is 78.5 Å². The highest BCUT2D eigenvalue weighted by Gasteiger charge is 2.20. The van der Waals surface area contributed by atoms with E-state index in [4.69, 9.17) is 24.2 Å². The van der Waals surface area contributed by atoms with Gasteiger partial charge in [-0.2, -0.15) is 5.10 Å². The highest BCUT2D eigenvalue weighted by atomic mass is 32.2. The summed E-state index contributed by atoms with van der Waals surface area (Å²) in [7, 11) is 3.10. The summed E-state index contributed by atoms with van der Waals surface area (Å²) in [4.78, 5) is 24.4. The monoisotopic (exact) mass is 472 g/mol. The number of methoxy groups -OCH3 is 2. The third-order valence-electron chi connectivity index (χ3n) is 5.29. The number of hydrogen-bond donors (Lipinski definition) is 1. The highest BCUT2D eigenvalue weighted by molar-refractivity contribution is 7.99. The lowest BCUT2D eigenvalue weighted by molar-refractivity contribution is 0.0951. The number of thioether (sulfide) groups is 1. The number of ether oxygens (including phenoxy) is 3. The van der Waals surface area contributed by atoms with Crippen LogP contribution in [0.5, 0.6) is 11.5 Å². The van der Waals surface area contributed by atoms with Gasteiger partial charge in [0, 0.05) is 25.2 Å². The number of fused-ring (bicyclic) bond motifs is 1. The van der Waals surface area contributed by atoms with E-state index in [9.17, 15) is 4.79 Å². The van der Waals surface area contributed by atoms with Crippen LogP contribution in [0.1, 0.15) is 17.3 Å². The summed E-state index contributed by atoms with van der Waals surface area (Å²) in [6.07, 6.45) is 1.80. The van der Waals surface area contributed by atoms with Crippen molar-refractivity contribution in [2.45, 2.75) is 18.6 Å². The van der Waals surface area contributed by atoms with Gasteiger partial charge in [-0.1, -0.05) is 18.7 Å². The van der Waals surface area contributed by atoms with E-state index in [1.807, 2.05) is 4.68 Å². The lowest BCUT2D eigenvalue weighted by atomic mass is 10.2. The molecule has 0 spiro atoms. The number of carbonyl (C=O) groups is 1. The van der Waals surface area contributed by atoms with Gasteiger partial charge in [-0.25, -0.2) is 14.6 Å². The molecule has 0 bridgehead atoms. The maximum absolute atomic E-state index is 12.6. The Hall–Kier alpha value is -3.05. The lowest BCUT2D eigenvalue weighted by Crippen LogP contribution is -2.37. The van der Waals surface area contributed by atoms with E-state index < -0.39 is 0 Å². The van der Waals surface area contributed by atoms with Crippen molar-refractivity contribution in [1.29, 1.82) is 0 Å². The number of rotatable bonds is 9. The number of nitrogens with one attached hydrogen (secondary N) is 1. The number of carbonyl (C=O) groups excluding carboxylic acids is 1. The molecule has 176 valence electrons. The fourth-order valence-corrected chi connectivity index (χ4v) is 4.21.